The minimum Gasteiger partial charge on any atom is -0.780 e. The second kappa shape index (κ2) is 6.59. The van der Waals surface area contributed by atoms with Crippen molar-refractivity contribution >= 4 is 18.7 Å². The third-order valence-electron chi connectivity index (χ3n) is 1.76. The first-order valence-electron chi connectivity index (χ1n) is 3.84. The molecule has 1 heterocycles. The van der Waals surface area contributed by atoms with Crippen molar-refractivity contribution in [1.82, 2.24) is 4.98 Å². The number of nitrogens with one attached hydrogen (secondary N) is 1. The molecular formula is C8H6NNa2O4P. The minimum atomic E-state index is -4.98. The van der Waals surface area contributed by atoms with Crippen molar-refractivity contribution < 1.29 is 78.0 Å². The van der Waals surface area contributed by atoms with Gasteiger partial charge in [0.05, 0.1) is 0 Å². The zero-order valence-corrected chi connectivity index (χ0v) is 13.9. The van der Waals surface area contributed by atoms with Crippen LogP contribution in [0.15, 0.2) is 30.5 Å². The third-order valence-corrected chi connectivity index (χ3v) is 2.18. The average Bonchev–Trinajstić information content (AvgIpc) is 2.47. The van der Waals surface area contributed by atoms with Gasteiger partial charge in [0.1, 0.15) is 13.6 Å². The van der Waals surface area contributed by atoms with Gasteiger partial charge in [-0.2, -0.15) is 0 Å². The topological polar surface area (TPSA) is 88.2 Å². The zero-order valence-electron chi connectivity index (χ0n) is 8.97. The summed E-state index contributed by atoms with van der Waals surface area (Å²) in [6.45, 7) is 0. The summed E-state index contributed by atoms with van der Waals surface area (Å²) in [6, 6.07) is 6.93. The Balaban J connectivity index is 0.00000112. The van der Waals surface area contributed by atoms with Crippen molar-refractivity contribution in [3.63, 3.8) is 0 Å². The average molecular weight is 257 g/mol. The number of phosphoric acid groups is 1. The normalized spacial score (nSPS) is 10.4. The predicted molar refractivity (Wildman–Crippen MR) is 46.5 cm³/mol. The van der Waals surface area contributed by atoms with Crippen LogP contribution in [0.2, 0.25) is 0 Å². The van der Waals surface area contributed by atoms with Gasteiger partial charge in [-0.25, -0.2) is 0 Å². The Labute approximate surface area is 136 Å². The van der Waals surface area contributed by atoms with Gasteiger partial charge in [-0.1, -0.05) is 12.1 Å². The molecule has 0 saturated heterocycles. The standard InChI is InChI=1S/C8H8NO4P.2Na/c10-14(11,12)13-8-5-9-7-4-2-1-3-6(7)8;;/h1-5,9H,(H2,10,11,12);;/q;2*+1/p-2. The molecule has 2 aromatic rings. The molecule has 16 heavy (non-hydrogen) atoms. The van der Waals surface area contributed by atoms with E-state index in [1.165, 1.54) is 6.20 Å². The fourth-order valence-electron chi connectivity index (χ4n) is 1.24. The fraction of sp³-hybridized carbons (Fsp3) is 0. The van der Waals surface area contributed by atoms with Gasteiger partial charge in [-0.05, 0) is 12.1 Å². The van der Waals surface area contributed by atoms with Crippen LogP contribution in [0.5, 0.6) is 5.75 Å². The second-order valence-corrected chi connectivity index (χ2v) is 3.81. The van der Waals surface area contributed by atoms with Crippen LogP contribution in [0.3, 0.4) is 0 Å². The molecule has 0 radical (unpaired) electrons. The maximum atomic E-state index is 10.4. The monoisotopic (exact) mass is 257 g/mol. The Bertz CT molecular complexity index is 509. The van der Waals surface area contributed by atoms with E-state index in [2.05, 4.69) is 9.51 Å². The summed E-state index contributed by atoms with van der Waals surface area (Å²) in [6.07, 6.45) is 1.34. The molecule has 1 N–H and O–H groups in total. The summed E-state index contributed by atoms with van der Waals surface area (Å²) in [4.78, 5) is 23.5. The number of hydrogen-bond donors (Lipinski definition) is 1. The molecule has 0 spiro atoms. The van der Waals surface area contributed by atoms with Gasteiger partial charge in [-0.15, -0.1) is 0 Å². The van der Waals surface area contributed by atoms with Crippen LogP contribution in [0.25, 0.3) is 10.9 Å². The summed E-state index contributed by atoms with van der Waals surface area (Å²) >= 11 is 0. The van der Waals surface area contributed by atoms with E-state index >= 15 is 0 Å². The summed E-state index contributed by atoms with van der Waals surface area (Å²) in [5.74, 6) is 0.0360. The Kier molecular flexibility index (Phi) is 6.88. The van der Waals surface area contributed by atoms with Crippen molar-refractivity contribution in [3.05, 3.63) is 30.5 Å². The molecular weight excluding hydrogens is 251 g/mol. The van der Waals surface area contributed by atoms with Crippen LogP contribution in [0, 0.1) is 0 Å². The van der Waals surface area contributed by atoms with Crippen LogP contribution in [0.4, 0.5) is 0 Å². The smallest absolute Gasteiger partial charge is 0.780 e. The van der Waals surface area contributed by atoms with E-state index in [4.69, 9.17) is 0 Å². The number of aromatic nitrogens is 1. The summed E-state index contributed by atoms with van der Waals surface area (Å²) in [7, 11) is -4.98. The summed E-state index contributed by atoms with van der Waals surface area (Å²) in [5.41, 5.74) is 0.718. The quantitative estimate of drug-likeness (QED) is 0.429. The molecule has 0 saturated carbocycles. The molecule has 0 unspecified atom stereocenters. The van der Waals surface area contributed by atoms with Crippen molar-refractivity contribution in [2.75, 3.05) is 0 Å². The van der Waals surface area contributed by atoms with E-state index in [9.17, 15) is 14.4 Å². The maximum absolute atomic E-state index is 10.4. The molecule has 0 aliphatic rings. The van der Waals surface area contributed by atoms with Crippen LogP contribution in [-0.4, -0.2) is 4.98 Å². The summed E-state index contributed by atoms with van der Waals surface area (Å²) in [5, 5.41) is 0.569. The molecule has 0 aliphatic carbocycles. The molecule has 0 atom stereocenters. The predicted octanol–water partition coefficient (Wildman–Crippen LogP) is -5.62. The minimum absolute atomic E-state index is 0. The Morgan fingerprint density at radius 1 is 1.19 bits per heavy atom. The number of H-pyrrole nitrogens is 1. The molecule has 0 fully saturated rings. The van der Waals surface area contributed by atoms with Crippen LogP contribution in [0.1, 0.15) is 0 Å². The number of benzene rings is 1. The molecule has 74 valence electrons. The van der Waals surface area contributed by atoms with Crippen molar-refractivity contribution in [2.45, 2.75) is 0 Å². The van der Waals surface area contributed by atoms with Crippen LogP contribution < -0.4 is 73.4 Å². The van der Waals surface area contributed by atoms with Crippen LogP contribution >= 0.6 is 7.82 Å². The van der Waals surface area contributed by atoms with E-state index in [0.717, 1.165) is 5.52 Å². The first kappa shape index (κ1) is 16.7. The maximum Gasteiger partial charge on any atom is 1.00 e. The molecule has 8 heteroatoms. The number of aromatic amines is 1. The molecule has 0 aliphatic heterocycles. The van der Waals surface area contributed by atoms with Gasteiger partial charge >= 0.3 is 59.1 Å². The van der Waals surface area contributed by atoms with E-state index in [1.54, 1.807) is 24.3 Å². The Morgan fingerprint density at radius 2 is 1.81 bits per heavy atom. The SMILES string of the molecule is O=P([O-])([O-])Oc1c[nH]c2ccccc12.[Na+].[Na+]. The Hall–Kier alpha value is 0.710. The molecule has 1 aromatic heterocycles. The van der Waals surface area contributed by atoms with E-state index in [1.807, 2.05) is 0 Å². The number of phosphoric ester groups is 1. The van der Waals surface area contributed by atoms with Crippen molar-refractivity contribution in [1.29, 1.82) is 0 Å². The van der Waals surface area contributed by atoms with Gasteiger partial charge in [-0.3, -0.25) is 0 Å². The number of fused-ring (bicyclic) bond motifs is 1. The van der Waals surface area contributed by atoms with Crippen LogP contribution in [-0.2, 0) is 4.57 Å². The molecule has 5 nitrogen and oxygen atoms in total. The van der Waals surface area contributed by atoms with Gasteiger partial charge in [0.2, 0.25) is 0 Å². The van der Waals surface area contributed by atoms with E-state index in [0.29, 0.717) is 5.39 Å². The third kappa shape index (κ3) is 4.18. The Morgan fingerprint density at radius 3 is 2.44 bits per heavy atom. The summed E-state index contributed by atoms with van der Waals surface area (Å²) < 4.78 is 14.6. The van der Waals surface area contributed by atoms with Crippen molar-refractivity contribution in [3.8, 4) is 5.75 Å². The molecule has 1 aromatic carbocycles. The number of para-hydroxylation sites is 1. The molecule has 0 amide bonds. The largest absolute Gasteiger partial charge is 1.00 e. The van der Waals surface area contributed by atoms with Gasteiger partial charge in [0, 0.05) is 17.1 Å². The second-order valence-electron chi connectivity index (χ2n) is 2.74. The van der Waals surface area contributed by atoms with Crippen molar-refractivity contribution in [2.24, 2.45) is 0 Å². The van der Waals surface area contributed by atoms with Gasteiger partial charge < -0.3 is 23.9 Å². The van der Waals surface area contributed by atoms with Gasteiger partial charge in [0.25, 0.3) is 0 Å². The fourth-order valence-corrected chi connectivity index (χ4v) is 1.63. The molecule has 2 rings (SSSR count). The van der Waals surface area contributed by atoms with E-state index in [-0.39, 0.29) is 64.9 Å². The molecule has 0 bridgehead atoms. The number of hydrogen-bond acceptors (Lipinski definition) is 4. The first-order valence-corrected chi connectivity index (χ1v) is 5.30. The van der Waals surface area contributed by atoms with E-state index < -0.39 is 7.82 Å². The first-order chi connectivity index (χ1) is 6.56. The number of rotatable bonds is 2. The zero-order chi connectivity index (χ0) is 10.2. The van der Waals surface area contributed by atoms with Gasteiger partial charge in [0.15, 0.2) is 0 Å².